The van der Waals surface area contributed by atoms with Gasteiger partial charge < -0.3 is 4.57 Å². The number of benzene rings is 1. The Morgan fingerprint density at radius 2 is 2.22 bits per heavy atom. The number of nitrogens with zero attached hydrogens (tertiary/aromatic N) is 2. The second-order valence-corrected chi connectivity index (χ2v) is 4.31. The molecule has 0 radical (unpaired) electrons. The zero-order valence-electron chi connectivity index (χ0n) is 15.8. The molecule has 0 spiro atoms. The van der Waals surface area contributed by atoms with Gasteiger partial charge >= 0.3 is 0 Å². The molecule has 1 aromatic carbocycles. The molecule has 98 valence electrons. The molecule has 0 N–H and O–H groups in total. The van der Waals surface area contributed by atoms with Crippen LogP contribution in [0.3, 0.4) is 0 Å². The van der Waals surface area contributed by atoms with Crippen molar-refractivity contribution in [1.29, 1.82) is 0 Å². The van der Waals surface area contributed by atoms with E-state index in [1.165, 1.54) is 12.5 Å². The highest BCUT2D eigenvalue weighted by molar-refractivity contribution is 5.85. The number of imidazole rings is 1. The molecule has 1 heterocycles. The van der Waals surface area contributed by atoms with E-state index in [9.17, 15) is 0 Å². The molecule has 0 aliphatic carbocycles. The Labute approximate surface area is 122 Å². The van der Waals surface area contributed by atoms with Crippen molar-refractivity contribution >= 4 is 12.4 Å². The molecule has 1 atom stereocenters. The number of aromatic nitrogens is 2. The summed E-state index contributed by atoms with van der Waals surface area (Å²) in [6.07, 6.45) is 2.79. The van der Waals surface area contributed by atoms with E-state index in [0.717, 1.165) is 21.3 Å². The number of halogens is 1. The van der Waals surface area contributed by atoms with Gasteiger partial charge in [0.15, 0.2) is 0 Å². The molecule has 0 fully saturated rings. The fourth-order valence-electron chi connectivity index (χ4n) is 2.12. The summed E-state index contributed by atoms with van der Waals surface area (Å²) < 4.78 is 39.4. The molecular formula is C15H21ClN2. The Hall–Kier alpha value is -1.28. The van der Waals surface area contributed by atoms with Crippen molar-refractivity contribution in [3.63, 3.8) is 0 Å². The molecule has 0 saturated carbocycles. The minimum atomic E-state index is -2.76. The van der Waals surface area contributed by atoms with Crippen LogP contribution in [0.5, 0.6) is 0 Å². The third kappa shape index (κ3) is 2.59. The minimum absolute atomic E-state index is 0. The third-order valence-electron chi connectivity index (χ3n) is 3.34. The lowest BCUT2D eigenvalue weighted by molar-refractivity contribution is 0.685. The first-order valence-electron chi connectivity index (χ1n) is 8.16. The normalized spacial score (nSPS) is 17.6. The van der Waals surface area contributed by atoms with Crippen LogP contribution in [0, 0.1) is 13.8 Å². The van der Waals surface area contributed by atoms with E-state index >= 15 is 0 Å². The van der Waals surface area contributed by atoms with Crippen molar-refractivity contribution in [2.75, 3.05) is 0 Å². The summed E-state index contributed by atoms with van der Waals surface area (Å²) in [5.41, 5.74) is 3.87. The van der Waals surface area contributed by atoms with Gasteiger partial charge in [-0.1, -0.05) is 25.1 Å². The summed E-state index contributed by atoms with van der Waals surface area (Å²) in [5, 5.41) is 0. The van der Waals surface area contributed by atoms with Crippen LogP contribution in [-0.4, -0.2) is 9.55 Å². The standard InChI is InChI=1S/C15H20N2.ClH/c1-5-17-10-16-9-15(17)13(4)14-8-6-7-11(2)12(14)3;/h6-10,13H,5H2,1-4H3;1H/i1D3,5D2;. The van der Waals surface area contributed by atoms with Crippen LogP contribution in [-0.2, 0) is 6.50 Å². The first-order valence-corrected chi connectivity index (χ1v) is 5.66. The van der Waals surface area contributed by atoms with Crippen molar-refractivity contribution in [3.05, 3.63) is 53.1 Å². The maximum atomic E-state index is 7.96. The average molecular weight is 270 g/mol. The highest BCUT2D eigenvalue weighted by Gasteiger charge is 2.15. The molecule has 2 aromatic rings. The van der Waals surface area contributed by atoms with E-state index in [4.69, 9.17) is 6.85 Å². The first kappa shape index (κ1) is 8.76. The minimum Gasteiger partial charge on any atom is -0.334 e. The number of aryl methyl sites for hydroxylation is 2. The monoisotopic (exact) mass is 269 g/mol. The Morgan fingerprint density at radius 3 is 2.94 bits per heavy atom. The summed E-state index contributed by atoms with van der Waals surface area (Å²) >= 11 is 0. The third-order valence-corrected chi connectivity index (χ3v) is 3.34. The topological polar surface area (TPSA) is 17.8 Å². The molecule has 3 heteroatoms. The molecule has 2 nitrogen and oxygen atoms in total. The molecule has 1 unspecified atom stereocenters. The van der Waals surface area contributed by atoms with Gasteiger partial charge in [0.1, 0.15) is 0 Å². The summed E-state index contributed by atoms with van der Waals surface area (Å²) in [4.78, 5) is 3.97. The Morgan fingerprint density at radius 1 is 1.44 bits per heavy atom. The average Bonchev–Trinajstić information content (AvgIpc) is 2.89. The second-order valence-electron chi connectivity index (χ2n) is 4.31. The van der Waals surface area contributed by atoms with Gasteiger partial charge in [0.05, 0.1) is 6.33 Å². The SMILES string of the molecule is Cl.[2H]C([2H])([2H])C([2H])([2H])n1cncc1C(C)c1cccc(C)c1C. The summed E-state index contributed by atoms with van der Waals surface area (Å²) in [5.74, 6) is -0.153. The van der Waals surface area contributed by atoms with Gasteiger partial charge in [-0.3, -0.25) is 0 Å². The second kappa shape index (κ2) is 6.05. The van der Waals surface area contributed by atoms with E-state index < -0.39 is 13.3 Å². The first-order chi connectivity index (χ1) is 10.1. The van der Waals surface area contributed by atoms with Gasteiger partial charge in [-0.25, -0.2) is 4.98 Å². The summed E-state index contributed by atoms with van der Waals surface area (Å²) in [7, 11) is 0. The Bertz CT molecular complexity index is 679. The van der Waals surface area contributed by atoms with Gasteiger partial charge in [0.2, 0.25) is 0 Å². The maximum Gasteiger partial charge on any atom is 0.0948 e. The van der Waals surface area contributed by atoms with Crippen molar-refractivity contribution in [3.8, 4) is 0 Å². The van der Waals surface area contributed by atoms with E-state index in [1.54, 1.807) is 0 Å². The fourth-order valence-corrected chi connectivity index (χ4v) is 2.12. The van der Waals surface area contributed by atoms with E-state index in [1.807, 2.05) is 39.0 Å². The smallest absolute Gasteiger partial charge is 0.0948 e. The molecule has 0 amide bonds. The molecule has 2 rings (SSSR count). The van der Waals surface area contributed by atoms with Gasteiger partial charge in [-0.15, -0.1) is 12.4 Å². The van der Waals surface area contributed by atoms with E-state index in [2.05, 4.69) is 4.98 Å². The lowest BCUT2D eigenvalue weighted by atomic mass is 9.91. The summed E-state index contributed by atoms with van der Waals surface area (Å²) in [6, 6.07) is 5.95. The Kier molecular flexibility index (Phi) is 2.95. The lowest BCUT2D eigenvalue weighted by Crippen LogP contribution is -2.06. The molecule has 0 saturated heterocycles. The van der Waals surface area contributed by atoms with Crippen molar-refractivity contribution in [2.24, 2.45) is 0 Å². The lowest BCUT2D eigenvalue weighted by Gasteiger charge is -2.17. The van der Waals surface area contributed by atoms with Gasteiger partial charge in [0, 0.05) is 31.2 Å². The highest BCUT2D eigenvalue weighted by atomic mass is 35.5. The largest absolute Gasteiger partial charge is 0.334 e. The Balaban J connectivity index is 0.00000264. The van der Waals surface area contributed by atoms with E-state index in [0.29, 0.717) is 5.69 Å². The van der Waals surface area contributed by atoms with Gasteiger partial charge in [-0.2, -0.15) is 0 Å². The molecule has 0 aliphatic heterocycles. The van der Waals surface area contributed by atoms with Crippen LogP contribution in [0.2, 0.25) is 0 Å². The van der Waals surface area contributed by atoms with Crippen LogP contribution in [0.1, 0.15) is 48.9 Å². The van der Waals surface area contributed by atoms with Gasteiger partial charge in [0.25, 0.3) is 0 Å². The molecule has 0 aliphatic rings. The number of hydrogen-bond donors (Lipinski definition) is 0. The fraction of sp³-hybridized carbons (Fsp3) is 0.400. The van der Waals surface area contributed by atoms with Crippen molar-refractivity contribution < 1.29 is 6.85 Å². The van der Waals surface area contributed by atoms with Crippen LogP contribution in [0.15, 0.2) is 30.7 Å². The number of rotatable bonds is 3. The highest BCUT2D eigenvalue weighted by Crippen LogP contribution is 2.27. The van der Waals surface area contributed by atoms with Crippen molar-refractivity contribution in [2.45, 2.75) is 40.0 Å². The van der Waals surface area contributed by atoms with Gasteiger partial charge in [-0.05, 0) is 37.4 Å². The molecular weight excluding hydrogens is 244 g/mol. The van der Waals surface area contributed by atoms with Crippen LogP contribution < -0.4 is 0 Å². The van der Waals surface area contributed by atoms with Crippen LogP contribution in [0.25, 0.3) is 0 Å². The zero-order valence-corrected chi connectivity index (χ0v) is 11.6. The van der Waals surface area contributed by atoms with Crippen LogP contribution >= 0.6 is 12.4 Å². The maximum absolute atomic E-state index is 7.96. The van der Waals surface area contributed by atoms with Crippen LogP contribution in [0.4, 0.5) is 0 Å². The quantitative estimate of drug-likeness (QED) is 0.821. The zero-order chi connectivity index (χ0) is 16.7. The predicted octanol–water partition coefficient (Wildman–Crippen LogP) is 4.09. The molecule has 18 heavy (non-hydrogen) atoms. The van der Waals surface area contributed by atoms with E-state index in [-0.39, 0.29) is 18.3 Å². The molecule has 1 aromatic heterocycles. The predicted molar refractivity (Wildman–Crippen MR) is 78.6 cm³/mol. The molecule has 0 bridgehead atoms. The summed E-state index contributed by atoms with van der Waals surface area (Å²) in [6.45, 7) is 0.713. The number of hydrogen-bond acceptors (Lipinski definition) is 1. The van der Waals surface area contributed by atoms with Crippen molar-refractivity contribution in [1.82, 2.24) is 9.55 Å².